The molecule has 0 unspecified atom stereocenters. The molecule has 0 aliphatic rings. The third-order valence-corrected chi connectivity index (χ3v) is 1.61. The van der Waals surface area contributed by atoms with E-state index in [0.29, 0.717) is 0 Å². The van der Waals surface area contributed by atoms with Crippen LogP contribution >= 0.6 is 0 Å². The second kappa shape index (κ2) is 4.69. The highest BCUT2D eigenvalue weighted by molar-refractivity contribution is 5.75. The maximum absolute atomic E-state index is 12.6. The van der Waals surface area contributed by atoms with Crippen molar-refractivity contribution in [3.8, 4) is 5.75 Å². The molecule has 4 heteroatoms. The Hall–Kier alpha value is -1.45. The van der Waals surface area contributed by atoms with E-state index in [0.717, 1.165) is 12.1 Å². The average Bonchev–Trinajstić information content (AvgIpc) is 2.10. The number of halogens is 2. The summed E-state index contributed by atoms with van der Waals surface area (Å²) in [7, 11) is 0. The van der Waals surface area contributed by atoms with Crippen LogP contribution in [0.15, 0.2) is 18.2 Å². The van der Waals surface area contributed by atoms with Gasteiger partial charge in [-0.15, -0.1) is 0 Å². The summed E-state index contributed by atoms with van der Waals surface area (Å²) >= 11 is 0. The van der Waals surface area contributed by atoms with E-state index in [9.17, 15) is 13.6 Å². The standard InChI is InChI=1S/C10H10F2O2/c1-7(13)4-5-14-8-2-3-9(11)10(12)6-8/h2-3,6H,4-5H2,1H3. The summed E-state index contributed by atoms with van der Waals surface area (Å²) < 4.78 is 30.1. The first-order valence-corrected chi connectivity index (χ1v) is 4.17. The number of hydrogen-bond donors (Lipinski definition) is 0. The molecule has 0 aliphatic carbocycles. The van der Waals surface area contributed by atoms with Gasteiger partial charge in [0.15, 0.2) is 11.6 Å². The van der Waals surface area contributed by atoms with Gasteiger partial charge in [-0.3, -0.25) is 4.79 Å². The first kappa shape index (κ1) is 10.6. The number of ketones is 1. The zero-order valence-corrected chi connectivity index (χ0v) is 7.72. The molecule has 1 aromatic rings. The molecule has 1 rings (SSSR count). The number of carbonyl (C=O) groups excluding carboxylic acids is 1. The van der Waals surface area contributed by atoms with Gasteiger partial charge in [-0.05, 0) is 19.1 Å². The van der Waals surface area contributed by atoms with Crippen molar-refractivity contribution in [3.05, 3.63) is 29.8 Å². The second-order valence-corrected chi connectivity index (χ2v) is 2.88. The molecular formula is C10H10F2O2. The smallest absolute Gasteiger partial charge is 0.162 e. The van der Waals surface area contributed by atoms with Crippen LogP contribution in [0.3, 0.4) is 0 Å². The summed E-state index contributed by atoms with van der Waals surface area (Å²) in [5.74, 6) is -1.65. The van der Waals surface area contributed by atoms with E-state index in [2.05, 4.69) is 0 Å². The molecule has 0 atom stereocenters. The summed E-state index contributed by atoms with van der Waals surface area (Å²) in [6.07, 6.45) is 0.263. The number of benzene rings is 1. The van der Waals surface area contributed by atoms with Gasteiger partial charge in [0.25, 0.3) is 0 Å². The van der Waals surface area contributed by atoms with Crippen LogP contribution < -0.4 is 4.74 Å². The Bertz CT molecular complexity index is 337. The molecule has 0 aromatic heterocycles. The van der Waals surface area contributed by atoms with Crippen LogP contribution in [0.25, 0.3) is 0 Å². The topological polar surface area (TPSA) is 26.3 Å². The lowest BCUT2D eigenvalue weighted by atomic mass is 10.3. The average molecular weight is 200 g/mol. The largest absolute Gasteiger partial charge is 0.493 e. The molecule has 76 valence electrons. The van der Waals surface area contributed by atoms with Crippen LogP contribution in [-0.2, 0) is 4.79 Å². The molecule has 0 aliphatic heterocycles. The number of ether oxygens (including phenoxy) is 1. The Morgan fingerprint density at radius 3 is 2.64 bits per heavy atom. The Morgan fingerprint density at radius 2 is 2.07 bits per heavy atom. The van der Waals surface area contributed by atoms with Gasteiger partial charge in [0.1, 0.15) is 11.5 Å². The van der Waals surface area contributed by atoms with Gasteiger partial charge < -0.3 is 4.74 Å². The number of carbonyl (C=O) groups is 1. The van der Waals surface area contributed by atoms with Crippen molar-refractivity contribution < 1.29 is 18.3 Å². The maximum Gasteiger partial charge on any atom is 0.162 e. The Kier molecular flexibility index (Phi) is 3.56. The summed E-state index contributed by atoms with van der Waals surface area (Å²) in [4.78, 5) is 10.5. The maximum atomic E-state index is 12.6. The summed E-state index contributed by atoms with van der Waals surface area (Å²) in [6, 6.07) is 3.26. The number of rotatable bonds is 4. The lowest BCUT2D eigenvalue weighted by Crippen LogP contribution is -2.02. The Balaban J connectivity index is 2.51. The normalized spacial score (nSPS) is 9.93. The molecule has 0 N–H and O–H groups in total. The van der Waals surface area contributed by atoms with E-state index < -0.39 is 11.6 Å². The lowest BCUT2D eigenvalue weighted by molar-refractivity contribution is -0.117. The van der Waals surface area contributed by atoms with Gasteiger partial charge in [0, 0.05) is 12.5 Å². The Morgan fingerprint density at radius 1 is 1.36 bits per heavy atom. The predicted molar refractivity (Wildman–Crippen MR) is 47.2 cm³/mol. The van der Waals surface area contributed by atoms with Crippen molar-refractivity contribution in [1.29, 1.82) is 0 Å². The van der Waals surface area contributed by atoms with E-state index in [1.165, 1.54) is 13.0 Å². The van der Waals surface area contributed by atoms with Crippen LogP contribution in [0.1, 0.15) is 13.3 Å². The zero-order chi connectivity index (χ0) is 10.6. The van der Waals surface area contributed by atoms with Crippen molar-refractivity contribution in [2.75, 3.05) is 6.61 Å². The van der Waals surface area contributed by atoms with Crippen molar-refractivity contribution in [2.24, 2.45) is 0 Å². The lowest BCUT2D eigenvalue weighted by Gasteiger charge is -2.04. The fourth-order valence-corrected chi connectivity index (χ4v) is 0.879. The van der Waals surface area contributed by atoms with Crippen LogP contribution in [0.4, 0.5) is 8.78 Å². The molecule has 2 nitrogen and oxygen atoms in total. The van der Waals surface area contributed by atoms with Crippen LogP contribution in [0.2, 0.25) is 0 Å². The first-order valence-electron chi connectivity index (χ1n) is 4.17. The molecule has 1 aromatic carbocycles. The molecule has 0 saturated carbocycles. The van der Waals surface area contributed by atoms with E-state index in [1.807, 2.05) is 0 Å². The molecule has 14 heavy (non-hydrogen) atoms. The fourth-order valence-electron chi connectivity index (χ4n) is 0.879. The zero-order valence-electron chi connectivity index (χ0n) is 7.72. The van der Waals surface area contributed by atoms with Crippen molar-refractivity contribution in [3.63, 3.8) is 0 Å². The third kappa shape index (κ3) is 3.12. The van der Waals surface area contributed by atoms with Crippen molar-refractivity contribution in [1.82, 2.24) is 0 Å². The predicted octanol–water partition coefficient (Wildman–Crippen LogP) is 2.32. The van der Waals surface area contributed by atoms with Crippen molar-refractivity contribution in [2.45, 2.75) is 13.3 Å². The van der Waals surface area contributed by atoms with E-state index >= 15 is 0 Å². The van der Waals surface area contributed by atoms with Crippen LogP contribution in [-0.4, -0.2) is 12.4 Å². The molecule has 0 heterocycles. The molecule has 0 radical (unpaired) electrons. The van der Waals surface area contributed by atoms with Crippen LogP contribution in [0.5, 0.6) is 5.75 Å². The number of hydrogen-bond acceptors (Lipinski definition) is 2. The molecule has 0 fully saturated rings. The van der Waals surface area contributed by atoms with Crippen LogP contribution in [0, 0.1) is 11.6 Å². The molecule has 0 bridgehead atoms. The minimum absolute atomic E-state index is 0.00687. The highest BCUT2D eigenvalue weighted by atomic mass is 19.2. The van der Waals surface area contributed by atoms with E-state index in [1.54, 1.807) is 0 Å². The fraction of sp³-hybridized carbons (Fsp3) is 0.300. The minimum Gasteiger partial charge on any atom is -0.493 e. The molecule has 0 saturated heterocycles. The van der Waals surface area contributed by atoms with Gasteiger partial charge in [-0.2, -0.15) is 0 Å². The van der Waals surface area contributed by atoms with E-state index in [-0.39, 0.29) is 24.6 Å². The SMILES string of the molecule is CC(=O)CCOc1ccc(F)c(F)c1. The van der Waals surface area contributed by atoms with Gasteiger partial charge >= 0.3 is 0 Å². The Labute approximate surface area is 80.5 Å². The summed E-state index contributed by atoms with van der Waals surface area (Å²) in [6.45, 7) is 1.62. The first-order chi connectivity index (χ1) is 6.59. The van der Waals surface area contributed by atoms with Gasteiger partial charge in [0.05, 0.1) is 6.61 Å². The minimum atomic E-state index is -0.953. The van der Waals surface area contributed by atoms with E-state index in [4.69, 9.17) is 4.74 Å². The molecule has 0 spiro atoms. The van der Waals surface area contributed by atoms with Gasteiger partial charge in [-0.25, -0.2) is 8.78 Å². The molecular weight excluding hydrogens is 190 g/mol. The summed E-state index contributed by atoms with van der Waals surface area (Å²) in [5, 5.41) is 0. The monoisotopic (exact) mass is 200 g/mol. The third-order valence-electron chi connectivity index (χ3n) is 1.61. The number of Topliss-reactive ketones (excluding diaryl/α,β-unsaturated/α-hetero) is 1. The second-order valence-electron chi connectivity index (χ2n) is 2.88. The quantitative estimate of drug-likeness (QED) is 0.745. The van der Waals surface area contributed by atoms with Gasteiger partial charge in [0.2, 0.25) is 0 Å². The van der Waals surface area contributed by atoms with Crippen molar-refractivity contribution >= 4 is 5.78 Å². The van der Waals surface area contributed by atoms with Gasteiger partial charge in [-0.1, -0.05) is 0 Å². The highest BCUT2D eigenvalue weighted by Gasteiger charge is 2.03. The molecule has 0 amide bonds. The summed E-state index contributed by atoms with van der Waals surface area (Å²) in [5.41, 5.74) is 0. The highest BCUT2D eigenvalue weighted by Crippen LogP contribution is 2.15.